The number of aldehydes is 1. The van der Waals surface area contributed by atoms with Crippen molar-refractivity contribution >= 4 is 12.4 Å². The third-order valence-corrected chi connectivity index (χ3v) is 1.52. The molecular weight excluding hydrogens is 174 g/mol. The van der Waals surface area contributed by atoms with Crippen LogP contribution in [0.25, 0.3) is 6.08 Å². The van der Waals surface area contributed by atoms with Gasteiger partial charge in [0.1, 0.15) is 6.29 Å². The second-order valence-electron chi connectivity index (χ2n) is 2.55. The van der Waals surface area contributed by atoms with Gasteiger partial charge in [0.25, 0.3) is 0 Å². The summed E-state index contributed by atoms with van der Waals surface area (Å²) in [5, 5.41) is 0. The highest BCUT2D eigenvalue weighted by molar-refractivity contribution is 5.65. The molecule has 1 aromatic heterocycles. The number of carbonyl (C=O) groups excluding carboxylic acids is 1. The lowest BCUT2D eigenvalue weighted by Gasteiger charge is -1.87. The van der Waals surface area contributed by atoms with Gasteiger partial charge < -0.3 is 0 Å². The molecule has 0 unspecified atom stereocenters. The summed E-state index contributed by atoms with van der Waals surface area (Å²) in [6, 6.07) is 3.84. The Morgan fingerprint density at radius 1 is 0.929 bits per heavy atom. The molecule has 0 aliphatic heterocycles. The topological polar surface area (TPSA) is 30.0 Å². The van der Waals surface area contributed by atoms with Gasteiger partial charge in [-0.25, -0.2) is 0 Å². The molecule has 0 aromatic carbocycles. The van der Waals surface area contributed by atoms with E-state index in [1.807, 2.05) is 30.4 Å². The van der Waals surface area contributed by atoms with Gasteiger partial charge in [0.05, 0.1) is 0 Å². The van der Waals surface area contributed by atoms with Gasteiger partial charge in [-0.1, -0.05) is 30.4 Å². The van der Waals surface area contributed by atoms with Crippen molar-refractivity contribution in [1.82, 2.24) is 4.98 Å². The smallest absolute Gasteiger partial charge is 0.142 e. The van der Waals surface area contributed by atoms with Crippen LogP contribution in [0.1, 0.15) is 5.56 Å². The van der Waals surface area contributed by atoms with E-state index in [0.29, 0.717) is 0 Å². The maximum atomic E-state index is 9.91. The van der Waals surface area contributed by atoms with E-state index in [1.54, 1.807) is 24.5 Å². The molecule has 0 fully saturated rings. The summed E-state index contributed by atoms with van der Waals surface area (Å²) < 4.78 is 0. The lowest BCUT2D eigenvalue weighted by Crippen LogP contribution is -1.70. The molecule has 0 saturated carbocycles. The summed E-state index contributed by atoms with van der Waals surface area (Å²) in [5.41, 5.74) is 1.10. The molecule has 2 nitrogen and oxygen atoms in total. The molecule has 0 radical (unpaired) electrons. The number of hydrogen-bond acceptors (Lipinski definition) is 2. The van der Waals surface area contributed by atoms with E-state index in [0.717, 1.165) is 11.8 Å². The Kier molecular flexibility index (Phi) is 4.73. The third-order valence-electron chi connectivity index (χ3n) is 1.52. The quantitative estimate of drug-likeness (QED) is 0.409. The minimum absolute atomic E-state index is 0.747. The van der Waals surface area contributed by atoms with Crippen LogP contribution >= 0.6 is 0 Å². The van der Waals surface area contributed by atoms with Gasteiger partial charge >= 0.3 is 0 Å². The minimum atomic E-state index is 0.747. The largest absolute Gasteiger partial charge is 0.299 e. The zero-order valence-electron chi connectivity index (χ0n) is 7.71. The number of pyridine rings is 1. The second kappa shape index (κ2) is 6.54. The van der Waals surface area contributed by atoms with Crippen LogP contribution in [-0.4, -0.2) is 11.3 Å². The van der Waals surface area contributed by atoms with E-state index in [2.05, 4.69) is 4.98 Å². The number of rotatable bonds is 4. The maximum Gasteiger partial charge on any atom is 0.142 e. The number of hydrogen-bond donors (Lipinski definition) is 0. The van der Waals surface area contributed by atoms with Gasteiger partial charge in [0, 0.05) is 12.4 Å². The van der Waals surface area contributed by atoms with Crippen molar-refractivity contribution in [2.75, 3.05) is 0 Å². The van der Waals surface area contributed by atoms with E-state index in [1.165, 1.54) is 6.08 Å². The Labute approximate surface area is 83.3 Å². The first kappa shape index (κ1) is 10.1. The number of aromatic nitrogens is 1. The van der Waals surface area contributed by atoms with Crippen molar-refractivity contribution in [2.45, 2.75) is 0 Å². The molecule has 0 atom stereocenters. The van der Waals surface area contributed by atoms with Crippen LogP contribution in [0.4, 0.5) is 0 Å². The molecule has 0 spiro atoms. The van der Waals surface area contributed by atoms with Crippen molar-refractivity contribution < 1.29 is 4.79 Å². The molecule has 1 rings (SSSR count). The van der Waals surface area contributed by atoms with Gasteiger partial charge in [0.15, 0.2) is 0 Å². The molecular formula is C12H11NO. The molecule has 0 saturated heterocycles. The average Bonchev–Trinajstić information content (AvgIpc) is 2.25. The Morgan fingerprint density at radius 2 is 1.57 bits per heavy atom. The SMILES string of the molecule is O=C/C=C/C=C/C=C/c1ccncc1. The monoisotopic (exact) mass is 185 g/mol. The summed E-state index contributed by atoms with van der Waals surface area (Å²) >= 11 is 0. The number of carbonyl (C=O) groups is 1. The molecule has 0 bridgehead atoms. The fourth-order valence-electron chi connectivity index (χ4n) is 0.879. The predicted molar refractivity (Wildman–Crippen MR) is 57.6 cm³/mol. The highest BCUT2D eigenvalue weighted by Crippen LogP contribution is 1.98. The summed E-state index contributed by atoms with van der Waals surface area (Å²) in [6.07, 6.45) is 14.9. The van der Waals surface area contributed by atoms with Crippen molar-refractivity contribution in [1.29, 1.82) is 0 Å². The summed E-state index contributed by atoms with van der Waals surface area (Å²) in [5.74, 6) is 0. The minimum Gasteiger partial charge on any atom is -0.299 e. The molecule has 14 heavy (non-hydrogen) atoms. The predicted octanol–water partition coefficient (Wildman–Crippen LogP) is 2.41. The van der Waals surface area contributed by atoms with Gasteiger partial charge in [-0.15, -0.1) is 0 Å². The normalized spacial score (nSPS) is 11.7. The number of nitrogens with zero attached hydrogens (tertiary/aromatic N) is 1. The summed E-state index contributed by atoms with van der Waals surface area (Å²) in [4.78, 5) is 13.8. The van der Waals surface area contributed by atoms with Gasteiger partial charge in [-0.2, -0.15) is 0 Å². The van der Waals surface area contributed by atoms with E-state index in [-0.39, 0.29) is 0 Å². The van der Waals surface area contributed by atoms with E-state index in [4.69, 9.17) is 0 Å². The first-order valence-corrected chi connectivity index (χ1v) is 4.28. The van der Waals surface area contributed by atoms with Crippen molar-refractivity contribution in [3.63, 3.8) is 0 Å². The van der Waals surface area contributed by atoms with E-state index >= 15 is 0 Å². The van der Waals surface area contributed by atoms with Crippen molar-refractivity contribution in [2.24, 2.45) is 0 Å². The molecule has 1 heterocycles. The van der Waals surface area contributed by atoms with Gasteiger partial charge in [-0.05, 0) is 23.8 Å². The number of allylic oxidation sites excluding steroid dienone is 5. The van der Waals surface area contributed by atoms with E-state index in [9.17, 15) is 4.79 Å². The molecule has 70 valence electrons. The van der Waals surface area contributed by atoms with Gasteiger partial charge in [0.2, 0.25) is 0 Å². The third kappa shape index (κ3) is 4.16. The van der Waals surface area contributed by atoms with Crippen molar-refractivity contribution in [3.05, 3.63) is 60.5 Å². The molecule has 0 N–H and O–H groups in total. The summed E-state index contributed by atoms with van der Waals surface area (Å²) in [7, 11) is 0. The highest BCUT2D eigenvalue weighted by Gasteiger charge is 1.79. The molecule has 0 amide bonds. The fraction of sp³-hybridized carbons (Fsp3) is 0. The van der Waals surface area contributed by atoms with Crippen LogP contribution in [0, 0.1) is 0 Å². The van der Waals surface area contributed by atoms with Crippen LogP contribution in [0.5, 0.6) is 0 Å². The standard InChI is InChI=1S/C12H11NO/c14-11-5-3-1-2-4-6-12-7-9-13-10-8-12/h1-11H/b2-1+,5-3+,6-4+. The van der Waals surface area contributed by atoms with Crippen LogP contribution in [0.2, 0.25) is 0 Å². The molecule has 0 aliphatic carbocycles. The Bertz CT molecular complexity index is 350. The lowest BCUT2D eigenvalue weighted by atomic mass is 10.2. The second-order valence-corrected chi connectivity index (χ2v) is 2.55. The zero-order valence-corrected chi connectivity index (χ0v) is 7.71. The van der Waals surface area contributed by atoms with E-state index < -0.39 is 0 Å². The molecule has 2 heteroatoms. The lowest BCUT2D eigenvalue weighted by molar-refractivity contribution is -0.104. The Morgan fingerprint density at radius 3 is 2.29 bits per heavy atom. The summed E-state index contributed by atoms with van der Waals surface area (Å²) in [6.45, 7) is 0. The average molecular weight is 185 g/mol. The first-order valence-electron chi connectivity index (χ1n) is 4.28. The van der Waals surface area contributed by atoms with Crippen LogP contribution in [-0.2, 0) is 4.79 Å². The Hall–Kier alpha value is -1.96. The Balaban J connectivity index is 2.45. The van der Waals surface area contributed by atoms with Crippen LogP contribution < -0.4 is 0 Å². The van der Waals surface area contributed by atoms with Crippen LogP contribution in [0.15, 0.2) is 54.9 Å². The van der Waals surface area contributed by atoms with Crippen molar-refractivity contribution in [3.8, 4) is 0 Å². The van der Waals surface area contributed by atoms with Crippen LogP contribution in [0.3, 0.4) is 0 Å². The molecule has 1 aromatic rings. The maximum absolute atomic E-state index is 9.91. The highest BCUT2D eigenvalue weighted by atomic mass is 16.1. The van der Waals surface area contributed by atoms with Gasteiger partial charge in [-0.3, -0.25) is 9.78 Å². The zero-order chi connectivity index (χ0) is 10.1. The fourth-order valence-corrected chi connectivity index (χ4v) is 0.879. The first-order chi connectivity index (χ1) is 6.93. The molecule has 0 aliphatic rings.